The third-order valence-electron chi connectivity index (χ3n) is 3.19. The lowest BCUT2D eigenvalue weighted by molar-refractivity contribution is 0.475. The summed E-state index contributed by atoms with van der Waals surface area (Å²) in [5.74, 6) is 1.50. The van der Waals surface area contributed by atoms with Crippen LogP contribution in [-0.2, 0) is 16.6 Å². The van der Waals surface area contributed by atoms with Gasteiger partial charge in [-0.15, -0.1) is 0 Å². The molecule has 1 aromatic rings. The Morgan fingerprint density at radius 2 is 1.95 bits per heavy atom. The Bertz CT molecular complexity index is 521. The first kappa shape index (κ1) is 17.2. The van der Waals surface area contributed by atoms with Crippen LogP contribution in [0.4, 0.5) is 0 Å². The minimum absolute atomic E-state index is 0.0885. The molecule has 0 aliphatic rings. The molecule has 0 amide bonds. The van der Waals surface area contributed by atoms with Gasteiger partial charge in [0.2, 0.25) is 10.0 Å². The fourth-order valence-corrected chi connectivity index (χ4v) is 3.59. The number of furan rings is 1. The van der Waals surface area contributed by atoms with Gasteiger partial charge in [-0.05, 0) is 26.2 Å². The van der Waals surface area contributed by atoms with Crippen molar-refractivity contribution in [1.82, 2.24) is 4.72 Å². The van der Waals surface area contributed by atoms with Gasteiger partial charge in [0, 0.05) is 12.1 Å². The normalized spacial score (nSPS) is 13.9. The van der Waals surface area contributed by atoms with E-state index in [0.29, 0.717) is 17.4 Å². The topological polar surface area (TPSA) is 85.3 Å². The third-order valence-corrected chi connectivity index (χ3v) is 4.89. The number of sulfonamides is 1. The van der Waals surface area contributed by atoms with Gasteiger partial charge in [-0.25, -0.2) is 13.1 Å². The van der Waals surface area contributed by atoms with Gasteiger partial charge in [-0.3, -0.25) is 0 Å². The molecule has 6 heteroatoms. The molecule has 1 heterocycles. The quantitative estimate of drug-likeness (QED) is 0.772. The standard InChI is InChI=1S/C14H26N2O3S/c1-10(2)6-5-7-11(3)16-20(17,18)14-8-13(9-15)19-12(14)4/h8,10-11,16H,5-7,9,15H2,1-4H3. The van der Waals surface area contributed by atoms with Gasteiger partial charge < -0.3 is 10.2 Å². The Labute approximate surface area is 122 Å². The molecular weight excluding hydrogens is 276 g/mol. The van der Waals surface area contributed by atoms with Crippen molar-refractivity contribution in [2.45, 2.75) is 64.4 Å². The molecule has 116 valence electrons. The van der Waals surface area contributed by atoms with E-state index in [1.54, 1.807) is 6.92 Å². The van der Waals surface area contributed by atoms with Crippen molar-refractivity contribution >= 4 is 10.0 Å². The van der Waals surface area contributed by atoms with Crippen molar-refractivity contribution in [3.8, 4) is 0 Å². The zero-order chi connectivity index (χ0) is 15.3. The number of nitrogens with two attached hydrogens (primary N) is 1. The Morgan fingerprint density at radius 3 is 2.45 bits per heavy atom. The van der Waals surface area contributed by atoms with Crippen LogP contribution in [0.25, 0.3) is 0 Å². The van der Waals surface area contributed by atoms with Gasteiger partial charge in [0.25, 0.3) is 0 Å². The highest BCUT2D eigenvalue weighted by Crippen LogP contribution is 2.20. The number of nitrogens with one attached hydrogen (secondary N) is 1. The van der Waals surface area contributed by atoms with Crippen LogP contribution in [-0.4, -0.2) is 14.5 Å². The van der Waals surface area contributed by atoms with Gasteiger partial charge in [-0.1, -0.05) is 26.7 Å². The summed E-state index contributed by atoms with van der Waals surface area (Å²) in [6.07, 6.45) is 2.95. The smallest absolute Gasteiger partial charge is 0.244 e. The van der Waals surface area contributed by atoms with Gasteiger partial charge in [-0.2, -0.15) is 0 Å². The highest BCUT2D eigenvalue weighted by molar-refractivity contribution is 7.89. The Hall–Kier alpha value is -0.850. The predicted octanol–water partition coefficient (Wildman–Crippen LogP) is 2.54. The lowest BCUT2D eigenvalue weighted by Crippen LogP contribution is -2.32. The Kier molecular flexibility index (Phi) is 6.23. The summed E-state index contributed by atoms with van der Waals surface area (Å²) >= 11 is 0. The van der Waals surface area contributed by atoms with Crippen molar-refractivity contribution in [3.05, 3.63) is 17.6 Å². The summed E-state index contributed by atoms with van der Waals surface area (Å²) in [7, 11) is -3.53. The second-order valence-corrected chi connectivity index (χ2v) is 7.37. The minimum Gasteiger partial charge on any atom is -0.464 e. The van der Waals surface area contributed by atoms with Crippen molar-refractivity contribution in [2.24, 2.45) is 11.7 Å². The van der Waals surface area contributed by atoms with Crippen LogP contribution in [0.3, 0.4) is 0 Å². The van der Waals surface area contributed by atoms with Crippen molar-refractivity contribution in [2.75, 3.05) is 0 Å². The zero-order valence-corrected chi connectivity index (χ0v) is 13.6. The summed E-state index contributed by atoms with van der Waals surface area (Å²) in [4.78, 5) is 0.189. The number of rotatable bonds is 8. The van der Waals surface area contributed by atoms with E-state index in [0.717, 1.165) is 19.3 Å². The van der Waals surface area contributed by atoms with Crippen molar-refractivity contribution in [3.63, 3.8) is 0 Å². The monoisotopic (exact) mass is 302 g/mol. The largest absolute Gasteiger partial charge is 0.464 e. The van der Waals surface area contributed by atoms with E-state index in [4.69, 9.17) is 10.2 Å². The summed E-state index contributed by atoms with van der Waals surface area (Å²) in [6.45, 7) is 8.05. The van der Waals surface area contributed by atoms with Gasteiger partial charge in [0.15, 0.2) is 0 Å². The molecule has 5 nitrogen and oxygen atoms in total. The molecule has 0 spiro atoms. The highest BCUT2D eigenvalue weighted by Gasteiger charge is 2.22. The molecular formula is C14H26N2O3S. The summed E-state index contributed by atoms with van der Waals surface area (Å²) in [5.41, 5.74) is 5.46. The molecule has 1 atom stereocenters. The molecule has 0 aliphatic heterocycles. The maximum atomic E-state index is 12.3. The second kappa shape index (κ2) is 7.24. The molecule has 0 bridgehead atoms. The fraction of sp³-hybridized carbons (Fsp3) is 0.714. The van der Waals surface area contributed by atoms with Gasteiger partial charge in [0.1, 0.15) is 16.4 Å². The van der Waals surface area contributed by atoms with Crippen LogP contribution in [0.2, 0.25) is 0 Å². The molecule has 0 aliphatic carbocycles. The summed E-state index contributed by atoms with van der Waals surface area (Å²) in [5, 5.41) is 0. The van der Waals surface area contributed by atoms with Crippen LogP contribution >= 0.6 is 0 Å². The first-order valence-corrected chi connectivity index (χ1v) is 8.56. The first-order valence-electron chi connectivity index (χ1n) is 7.08. The summed E-state index contributed by atoms with van der Waals surface area (Å²) < 4.78 is 32.6. The van der Waals surface area contributed by atoms with E-state index in [1.807, 2.05) is 6.92 Å². The first-order chi connectivity index (χ1) is 9.26. The van der Waals surface area contributed by atoms with Gasteiger partial charge >= 0.3 is 0 Å². The average Bonchev–Trinajstić information content (AvgIpc) is 2.70. The highest BCUT2D eigenvalue weighted by atomic mass is 32.2. The molecule has 20 heavy (non-hydrogen) atoms. The van der Waals surface area contributed by atoms with Crippen LogP contribution in [0.15, 0.2) is 15.4 Å². The van der Waals surface area contributed by atoms with E-state index >= 15 is 0 Å². The Morgan fingerprint density at radius 1 is 1.30 bits per heavy atom. The lowest BCUT2D eigenvalue weighted by atomic mass is 10.0. The molecule has 1 unspecified atom stereocenters. The molecule has 1 aromatic heterocycles. The number of hydrogen-bond acceptors (Lipinski definition) is 4. The predicted molar refractivity (Wildman–Crippen MR) is 79.8 cm³/mol. The van der Waals surface area contributed by atoms with Crippen LogP contribution in [0.1, 0.15) is 51.6 Å². The maximum Gasteiger partial charge on any atom is 0.244 e. The van der Waals surface area contributed by atoms with E-state index in [-0.39, 0.29) is 17.5 Å². The summed E-state index contributed by atoms with van der Waals surface area (Å²) in [6, 6.07) is 1.41. The van der Waals surface area contributed by atoms with E-state index in [9.17, 15) is 8.42 Å². The van der Waals surface area contributed by atoms with Crippen molar-refractivity contribution in [1.29, 1.82) is 0 Å². The number of aryl methyl sites for hydroxylation is 1. The van der Waals surface area contributed by atoms with Crippen LogP contribution < -0.4 is 10.5 Å². The fourth-order valence-electron chi connectivity index (χ4n) is 2.11. The minimum atomic E-state index is -3.53. The zero-order valence-electron chi connectivity index (χ0n) is 12.8. The molecule has 0 radical (unpaired) electrons. The molecule has 1 rings (SSSR count). The number of hydrogen-bond donors (Lipinski definition) is 2. The molecule has 0 saturated carbocycles. The average molecular weight is 302 g/mol. The molecule has 0 saturated heterocycles. The maximum absolute atomic E-state index is 12.3. The van der Waals surface area contributed by atoms with Crippen LogP contribution in [0, 0.1) is 12.8 Å². The van der Waals surface area contributed by atoms with Gasteiger partial charge in [0.05, 0.1) is 6.54 Å². The lowest BCUT2D eigenvalue weighted by Gasteiger charge is -2.14. The molecule has 0 fully saturated rings. The second-order valence-electron chi connectivity index (χ2n) is 5.68. The SMILES string of the molecule is Cc1oc(CN)cc1S(=O)(=O)NC(C)CCCC(C)C. The molecule has 3 N–H and O–H groups in total. The van der Waals surface area contributed by atoms with Crippen LogP contribution in [0.5, 0.6) is 0 Å². The molecule has 0 aromatic carbocycles. The van der Waals surface area contributed by atoms with E-state index in [2.05, 4.69) is 18.6 Å². The Balaban J connectivity index is 2.66. The third kappa shape index (κ3) is 4.92. The van der Waals surface area contributed by atoms with E-state index < -0.39 is 10.0 Å². The van der Waals surface area contributed by atoms with E-state index in [1.165, 1.54) is 6.07 Å². The van der Waals surface area contributed by atoms with Crippen molar-refractivity contribution < 1.29 is 12.8 Å².